The van der Waals surface area contributed by atoms with Gasteiger partial charge in [-0.25, -0.2) is 0 Å². The van der Waals surface area contributed by atoms with E-state index < -0.39 is 0 Å². The van der Waals surface area contributed by atoms with E-state index in [1.165, 1.54) is 54.4 Å². The van der Waals surface area contributed by atoms with Crippen molar-refractivity contribution in [3.8, 4) is 11.1 Å². The van der Waals surface area contributed by atoms with Gasteiger partial charge >= 0.3 is 0 Å². The molecule has 4 aromatic carbocycles. The molecule has 170 valence electrons. The summed E-state index contributed by atoms with van der Waals surface area (Å²) in [5, 5.41) is 0. The van der Waals surface area contributed by atoms with E-state index in [2.05, 4.69) is 97.1 Å². The van der Waals surface area contributed by atoms with Crippen molar-refractivity contribution in [3.63, 3.8) is 0 Å². The van der Waals surface area contributed by atoms with Gasteiger partial charge in [-0.1, -0.05) is 97.1 Å². The predicted molar refractivity (Wildman–Crippen MR) is 142 cm³/mol. The smallest absolute Gasteiger partial charge is 0.0619 e. The average molecular weight is 451 g/mol. The Morgan fingerprint density at radius 3 is 1.23 bits per heavy atom. The normalized spacial score (nSPS) is 29.0. The second kappa shape index (κ2) is 6.35. The summed E-state index contributed by atoms with van der Waals surface area (Å²) in [4.78, 5) is 0. The number of hydrogen-bond acceptors (Lipinski definition) is 0. The lowest BCUT2D eigenvalue weighted by Gasteiger charge is -2.65. The summed E-state index contributed by atoms with van der Waals surface area (Å²) in [6, 6.07) is 37.8. The summed E-state index contributed by atoms with van der Waals surface area (Å²) >= 11 is 0. The third-order valence-electron chi connectivity index (χ3n) is 10.9. The van der Waals surface area contributed by atoms with E-state index in [0.717, 1.165) is 23.7 Å². The maximum atomic E-state index is 2.54. The van der Waals surface area contributed by atoms with Crippen molar-refractivity contribution in [2.45, 2.75) is 42.9 Å². The molecule has 2 spiro atoms. The van der Waals surface area contributed by atoms with Crippen LogP contribution in [-0.4, -0.2) is 0 Å². The Morgan fingerprint density at radius 2 is 0.771 bits per heavy atom. The van der Waals surface area contributed by atoms with Crippen LogP contribution in [0.1, 0.15) is 65.5 Å². The van der Waals surface area contributed by atoms with Crippen molar-refractivity contribution in [2.24, 2.45) is 23.7 Å². The molecule has 0 N–H and O–H groups in total. The Morgan fingerprint density at radius 1 is 0.400 bits per heavy atom. The second-order valence-electron chi connectivity index (χ2n) is 12.1. The van der Waals surface area contributed by atoms with Crippen molar-refractivity contribution < 1.29 is 0 Å². The summed E-state index contributed by atoms with van der Waals surface area (Å²) in [5.41, 5.74) is 12.1. The lowest BCUT2D eigenvalue weighted by Crippen LogP contribution is -2.59. The number of fused-ring (bicyclic) bond motifs is 9. The molecule has 4 saturated carbocycles. The van der Waals surface area contributed by atoms with Gasteiger partial charge in [-0.3, -0.25) is 0 Å². The summed E-state index contributed by atoms with van der Waals surface area (Å²) in [6.07, 6.45) is 7.20. The average Bonchev–Trinajstić information content (AvgIpc) is 3.20. The first-order valence-electron chi connectivity index (χ1n) is 13.7. The maximum absolute atomic E-state index is 2.54. The molecule has 35 heavy (non-hydrogen) atoms. The zero-order chi connectivity index (χ0) is 22.8. The van der Waals surface area contributed by atoms with Gasteiger partial charge in [-0.15, -0.1) is 0 Å². The van der Waals surface area contributed by atoms with Gasteiger partial charge in [-0.05, 0) is 100 Å². The first kappa shape index (κ1) is 19.1. The molecular weight excluding hydrogens is 420 g/mol. The molecule has 4 aromatic rings. The largest absolute Gasteiger partial charge is 0.0719 e. The molecule has 0 atom stereocenters. The van der Waals surface area contributed by atoms with Crippen LogP contribution in [0.4, 0.5) is 0 Å². The van der Waals surface area contributed by atoms with Crippen LogP contribution in [0.3, 0.4) is 0 Å². The third kappa shape index (κ3) is 2.02. The van der Waals surface area contributed by atoms with Gasteiger partial charge < -0.3 is 0 Å². The Hall–Kier alpha value is -3.12. The Labute approximate surface area is 208 Å². The molecule has 0 nitrogen and oxygen atoms in total. The van der Waals surface area contributed by atoms with E-state index in [1.807, 2.05) is 0 Å². The van der Waals surface area contributed by atoms with Crippen molar-refractivity contribution in [1.82, 2.24) is 0 Å². The summed E-state index contributed by atoms with van der Waals surface area (Å²) in [6.45, 7) is 0. The number of benzene rings is 4. The maximum Gasteiger partial charge on any atom is 0.0719 e. The standard InChI is InChI=1S/C35H30/c1-3-11-28-26(9-1)27-10-2-4-12-29(27)35(28)32-15-7-5-13-30(32)34(31-14-6-8-16-33(31)35)24-18-22-17-23(20-24)21-25(34)19-22/h1-16,22-25H,17-21H2. The molecule has 6 aliphatic carbocycles. The van der Waals surface area contributed by atoms with Gasteiger partial charge in [0, 0.05) is 5.41 Å². The molecular formula is C35H30. The highest BCUT2D eigenvalue weighted by molar-refractivity contribution is 5.88. The highest BCUT2D eigenvalue weighted by Crippen LogP contribution is 2.71. The van der Waals surface area contributed by atoms with Gasteiger partial charge in [0.15, 0.2) is 0 Å². The molecule has 4 fully saturated rings. The minimum atomic E-state index is -0.222. The summed E-state index contributed by atoms with van der Waals surface area (Å²) in [5.74, 6) is 3.49. The van der Waals surface area contributed by atoms with Crippen LogP contribution >= 0.6 is 0 Å². The van der Waals surface area contributed by atoms with Crippen LogP contribution < -0.4 is 0 Å². The van der Waals surface area contributed by atoms with Gasteiger partial charge in [0.2, 0.25) is 0 Å². The van der Waals surface area contributed by atoms with E-state index >= 15 is 0 Å². The van der Waals surface area contributed by atoms with Gasteiger partial charge in [-0.2, -0.15) is 0 Å². The lowest BCUT2D eigenvalue weighted by atomic mass is 9.38. The van der Waals surface area contributed by atoms with Crippen LogP contribution in [0.15, 0.2) is 97.1 Å². The van der Waals surface area contributed by atoms with Crippen LogP contribution in [0, 0.1) is 23.7 Å². The quantitative estimate of drug-likeness (QED) is 0.223. The fraction of sp³-hybridized carbons (Fsp3) is 0.314. The number of hydrogen-bond donors (Lipinski definition) is 0. The number of rotatable bonds is 0. The van der Waals surface area contributed by atoms with E-state index in [0.29, 0.717) is 0 Å². The van der Waals surface area contributed by atoms with Crippen LogP contribution in [0.5, 0.6) is 0 Å². The molecule has 0 heterocycles. The molecule has 6 aliphatic rings. The molecule has 0 amide bonds. The van der Waals surface area contributed by atoms with Crippen LogP contribution in [-0.2, 0) is 10.8 Å². The fourth-order valence-electron chi connectivity index (χ4n) is 10.3. The molecule has 0 heteroatoms. The van der Waals surface area contributed by atoms with E-state index in [1.54, 1.807) is 22.3 Å². The lowest BCUT2D eigenvalue weighted by molar-refractivity contribution is -0.0440. The molecule has 0 aromatic heterocycles. The van der Waals surface area contributed by atoms with Crippen LogP contribution in [0.25, 0.3) is 11.1 Å². The predicted octanol–water partition coefficient (Wildman–Crippen LogP) is 8.11. The van der Waals surface area contributed by atoms with Crippen LogP contribution in [0.2, 0.25) is 0 Å². The molecule has 0 saturated heterocycles. The zero-order valence-corrected chi connectivity index (χ0v) is 20.1. The van der Waals surface area contributed by atoms with Gasteiger partial charge in [0.25, 0.3) is 0 Å². The fourth-order valence-corrected chi connectivity index (χ4v) is 10.3. The minimum absolute atomic E-state index is 0.179. The van der Waals surface area contributed by atoms with Crippen molar-refractivity contribution in [1.29, 1.82) is 0 Å². The third-order valence-corrected chi connectivity index (χ3v) is 10.9. The Bertz CT molecular complexity index is 1400. The van der Waals surface area contributed by atoms with Gasteiger partial charge in [0.05, 0.1) is 5.41 Å². The van der Waals surface area contributed by atoms with Crippen molar-refractivity contribution in [2.75, 3.05) is 0 Å². The Balaban J connectivity index is 1.46. The Kier molecular flexibility index (Phi) is 3.47. The SMILES string of the molecule is c1ccc2c(c1)-c1ccccc1C21c2ccccc2C2(c3ccccc31)C1CC3CC(C1)CC2C3. The minimum Gasteiger partial charge on any atom is -0.0619 e. The molecule has 0 radical (unpaired) electrons. The van der Waals surface area contributed by atoms with Crippen molar-refractivity contribution >= 4 is 0 Å². The summed E-state index contributed by atoms with van der Waals surface area (Å²) in [7, 11) is 0. The topological polar surface area (TPSA) is 0 Å². The van der Waals surface area contributed by atoms with E-state index in [9.17, 15) is 0 Å². The zero-order valence-electron chi connectivity index (χ0n) is 20.1. The summed E-state index contributed by atoms with van der Waals surface area (Å²) < 4.78 is 0. The van der Waals surface area contributed by atoms with E-state index in [-0.39, 0.29) is 10.8 Å². The van der Waals surface area contributed by atoms with Gasteiger partial charge in [0.1, 0.15) is 0 Å². The first-order valence-corrected chi connectivity index (χ1v) is 13.7. The second-order valence-corrected chi connectivity index (χ2v) is 12.1. The monoisotopic (exact) mass is 450 g/mol. The molecule has 10 rings (SSSR count). The highest BCUT2D eigenvalue weighted by Gasteiger charge is 2.64. The van der Waals surface area contributed by atoms with Crippen molar-refractivity contribution in [3.05, 3.63) is 130 Å². The molecule has 0 unspecified atom stereocenters. The first-order chi connectivity index (χ1) is 17.3. The molecule has 0 aliphatic heterocycles. The highest BCUT2D eigenvalue weighted by atomic mass is 14.7. The van der Waals surface area contributed by atoms with E-state index in [4.69, 9.17) is 0 Å². The molecule has 4 bridgehead atoms.